The number of nitrogens with zero attached hydrogens (tertiary/aromatic N) is 2. The first kappa shape index (κ1) is 15.2. The molecule has 0 radical (unpaired) electrons. The van der Waals surface area contributed by atoms with Gasteiger partial charge in [-0.2, -0.15) is 0 Å². The molecule has 3 aromatic rings. The van der Waals surface area contributed by atoms with Crippen LogP contribution in [-0.2, 0) is 4.79 Å². The Bertz CT molecular complexity index is 877. The minimum atomic E-state index is -0.261. The van der Waals surface area contributed by atoms with Crippen molar-refractivity contribution < 1.29 is 4.79 Å². The minimum Gasteiger partial charge on any atom is -0.340 e. The van der Waals surface area contributed by atoms with Crippen molar-refractivity contribution in [2.24, 2.45) is 0 Å². The summed E-state index contributed by atoms with van der Waals surface area (Å²) < 4.78 is 1.00. The van der Waals surface area contributed by atoms with Crippen LogP contribution in [0.3, 0.4) is 0 Å². The van der Waals surface area contributed by atoms with E-state index >= 15 is 0 Å². The van der Waals surface area contributed by atoms with E-state index in [1.165, 1.54) is 12.4 Å². The van der Waals surface area contributed by atoms with Crippen LogP contribution in [0.2, 0.25) is 0 Å². The van der Waals surface area contributed by atoms with Crippen LogP contribution in [0, 0.1) is 0 Å². The lowest BCUT2D eigenvalue weighted by atomic mass is 10.2. The average molecular weight is 369 g/mol. The van der Waals surface area contributed by atoms with Gasteiger partial charge >= 0.3 is 0 Å². The normalized spacial score (nSPS) is 10.3. The number of halogens is 1. The minimum absolute atomic E-state index is 0.261. The van der Waals surface area contributed by atoms with Crippen molar-refractivity contribution in [3.05, 3.63) is 65.9 Å². The Labute approximate surface area is 141 Å². The molecular weight excluding hydrogens is 356 g/mol. The van der Waals surface area contributed by atoms with Crippen LogP contribution in [0.1, 0.15) is 0 Å². The third-order valence-electron chi connectivity index (χ3n) is 3.20. The lowest BCUT2D eigenvalue weighted by Crippen LogP contribution is -2.07. The highest BCUT2D eigenvalue weighted by Crippen LogP contribution is 2.26. The summed E-state index contributed by atoms with van der Waals surface area (Å²) in [6, 6.07) is 13.2. The maximum Gasteiger partial charge on any atom is 0.247 e. The fourth-order valence-electron chi connectivity index (χ4n) is 2.10. The summed E-state index contributed by atoms with van der Waals surface area (Å²) in [5.41, 5.74) is 2.36. The lowest BCUT2D eigenvalue weighted by molar-refractivity contribution is -0.111. The molecule has 23 heavy (non-hydrogen) atoms. The molecule has 0 aliphatic rings. The summed E-state index contributed by atoms with van der Waals surface area (Å²) >= 11 is 3.41. The Kier molecular flexibility index (Phi) is 4.34. The van der Waals surface area contributed by atoms with E-state index in [2.05, 4.69) is 43.1 Å². The fraction of sp³-hybridized carbons (Fsp3) is 0. The third-order valence-corrected chi connectivity index (χ3v) is 3.72. The quantitative estimate of drug-likeness (QED) is 0.675. The molecular formula is C17H13BrN4O. The summed E-state index contributed by atoms with van der Waals surface area (Å²) in [5, 5.41) is 6.82. The Balaban J connectivity index is 1.98. The Morgan fingerprint density at radius 3 is 2.57 bits per heavy atom. The Hall–Kier alpha value is -2.73. The number of carbonyl (C=O) groups excluding carboxylic acids is 1. The molecule has 0 saturated carbocycles. The van der Waals surface area contributed by atoms with Crippen LogP contribution in [0.25, 0.3) is 10.9 Å². The van der Waals surface area contributed by atoms with Gasteiger partial charge in [-0.15, -0.1) is 0 Å². The Morgan fingerprint density at radius 1 is 1.09 bits per heavy atom. The van der Waals surface area contributed by atoms with E-state index in [4.69, 9.17) is 0 Å². The van der Waals surface area contributed by atoms with Crippen LogP contribution in [-0.4, -0.2) is 15.9 Å². The van der Waals surface area contributed by atoms with Crippen LogP contribution in [0.4, 0.5) is 17.2 Å². The van der Waals surface area contributed by atoms with E-state index in [1.54, 1.807) is 6.07 Å². The first-order valence-corrected chi connectivity index (χ1v) is 7.66. The van der Waals surface area contributed by atoms with E-state index in [9.17, 15) is 4.79 Å². The van der Waals surface area contributed by atoms with Gasteiger partial charge in [0.15, 0.2) is 0 Å². The summed E-state index contributed by atoms with van der Waals surface area (Å²) in [7, 11) is 0. The van der Waals surface area contributed by atoms with Crippen molar-refractivity contribution in [2.45, 2.75) is 0 Å². The van der Waals surface area contributed by atoms with Gasteiger partial charge in [0.1, 0.15) is 12.1 Å². The molecule has 0 unspecified atom stereocenters. The van der Waals surface area contributed by atoms with E-state index < -0.39 is 0 Å². The highest BCUT2D eigenvalue weighted by atomic mass is 79.9. The van der Waals surface area contributed by atoms with Gasteiger partial charge in [-0.1, -0.05) is 22.5 Å². The molecule has 1 amide bonds. The number of hydrogen-bond donors (Lipinski definition) is 2. The second-order valence-corrected chi connectivity index (χ2v) is 5.70. The van der Waals surface area contributed by atoms with Crippen molar-refractivity contribution in [1.29, 1.82) is 0 Å². The fourth-order valence-corrected chi connectivity index (χ4v) is 2.36. The molecule has 0 fully saturated rings. The zero-order valence-corrected chi connectivity index (χ0v) is 13.7. The number of rotatable bonds is 4. The summed E-state index contributed by atoms with van der Waals surface area (Å²) in [6.45, 7) is 3.45. The molecule has 5 nitrogen and oxygen atoms in total. The average Bonchev–Trinajstić information content (AvgIpc) is 2.57. The number of anilines is 3. The van der Waals surface area contributed by atoms with Crippen LogP contribution >= 0.6 is 15.9 Å². The molecule has 0 spiro atoms. The maximum absolute atomic E-state index is 11.4. The summed E-state index contributed by atoms with van der Waals surface area (Å²) in [6.07, 6.45) is 2.73. The van der Waals surface area contributed by atoms with Crippen molar-refractivity contribution in [2.75, 3.05) is 10.6 Å². The predicted octanol–water partition coefficient (Wildman–Crippen LogP) is 4.26. The van der Waals surface area contributed by atoms with Gasteiger partial charge in [-0.3, -0.25) is 4.79 Å². The number of benzene rings is 2. The highest BCUT2D eigenvalue weighted by molar-refractivity contribution is 9.10. The monoisotopic (exact) mass is 368 g/mol. The van der Waals surface area contributed by atoms with Gasteiger partial charge < -0.3 is 10.6 Å². The number of nitrogens with one attached hydrogen (secondary N) is 2. The molecule has 1 aromatic heterocycles. The predicted molar refractivity (Wildman–Crippen MR) is 95.8 cm³/mol. The number of aromatic nitrogens is 2. The van der Waals surface area contributed by atoms with E-state index in [-0.39, 0.29) is 5.91 Å². The number of fused-ring (bicyclic) bond motifs is 1. The topological polar surface area (TPSA) is 66.9 Å². The molecule has 1 heterocycles. The van der Waals surface area contributed by atoms with Crippen molar-refractivity contribution in [3.8, 4) is 0 Å². The summed E-state index contributed by atoms with van der Waals surface area (Å²) in [5.74, 6) is 0.413. The lowest BCUT2D eigenvalue weighted by Gasteiger charge is -2.10. The smallest absolute Gasteiger partial charge is 0.247 e. The molecule has 2 aromatic carbocycles. The van der Waals surface area contributed by atoms with Crippen molar-refractivity contribution >= 4 is 49.9 Å². The van der Waals surface area contributed by atoms with E-state index in [1.807, 2.05) is 36.4 Å². The first-order chi connectivity index (χ1) is 11.2. The van der Waals surface area contributed by atoms with Crippen molar-refractivity contribution in [1.82, 2.24) is 9.97 Å². The van der Waals surface area contributed by atoms with Gasteiger partial charge in [-0.05, 0) is 48.5 Å². The zero-order valence-electron chi connectivity index (χ0n) is 12.1. The number of carbonyl (C=O) groups is 1. The molecule has 0 bridgehead atoms. The van der Waals surface area contributed by atoms with Gasteiger partial charge in [-0.25, -0.2) is 9.97 Å². The van der Waals surface area contributed by atoms with Crippen LogP contribution in [0.15, 0.2) is 65.9 Å². The first-order valence-electron chi connectivity index (χ1n) is 6.86. The van der Waals surface area contributed by atoms with Crippen molar-refractivity contribution in [3.63, 3.8) is 0 Å². The second kappa shape index (κ2) is 6.58. The van der Waals surface area contributed by atoms with Gasteiger partial charge in [0.2, 0.25) is 5.91 Å². The molecule has 0 atom stereocenters. The maximum atomic E-state index is 11.4. The Morgan fingerprint density at radius 2 is 1.83 bits per heavy atom. The molecule has 114 valence electrons. The third kappa shape index (κ3) is 3.54. The summed E-state index contributed by atoms with van der Waals surface area (Å²) in [4.78, 5) is 20.0. The number of amides is 1. The van der Waals surface area contributed by atoms with Gasteiger partial charge in [0, 0.05) is 21.2 Å². The zero-order chi connectivity index (χ0) is 16.2. The molecule has 2 N–H and O–H groups in total. The molecule has 0 aliphatic heterocycles. The van der Waals surface area contributed by atoms with Crippen LogP contribution in [0.5, 0.6) is 0 Å². The van der Waals surface area contributed by atoms with Crippen LogP contribution < -0.4 is 10.6 Å². The molecule has 6 heteroatoms. The van der Waals surface area contributed by atoms with Gasteiger partial charge in [0.25, 0.3) is 0 Å². The molecule has 3 rings (SSSR count). The molecule has 0 saturated heterocycles. The molecule has 0 aliphatic carbocycles. The van der Waals surface area contributed by atoms with Gasteiger partial charge in [0.05, 0.1) is 5.52 Å². The number of hydrogen-bond acceptors (Lipinski definition) is 4. The second-order valence-electron chi connectivity index (χ2n) is 4.78. The largest absolute Gasteiger partial charge is 0.340 e. The van der Waals surface area contributed by atoms with E-state index in [0.717, 1.165) is 21.1 Å². The standard InChI is InChI=1S/C17H13BrN4O/c1-2-16(23)21-13-7-8-15-14(9-13)17(20-10-19-15)22-12-5-3-11(18)4-6-12/h2-10H,1H2,(H,21,23)(H,19,20,22). The SMILES string of the molecule is C=CC(=O)Nc1ccc2ncnc(Nc3ccc(Br)cc3)c2c1. The highest BCUT2D eigenvalue weighted by Gasteiger charge is 2.06. The van der Waals surface area contributed by atoms with E-state index in [0.29, 0.717) is 11.5 Å².